The van der Waals surface area contributed by atoms with Gasteiger partial charge in [0.25, 0.3) is 0 Å². The zero-order chi connectivity index (χ0) is 20.0. The number of ketones is 1. The zero-order valence-electron chi connectivity index (χ0n) is 14.6. The predicted molar refractivity (Wildman–Crippen MR) is 89.0 cm³/mol. The normalized spacial score (nSPS) is 23.7. The topological polar surface area (TPSA) is 159 Å². The monoisotopic (exact) mass is 383 g/mol. The van der Waals surface area contributed by atoms with E-state index in [1.165, 1.54) is 5.57 Å². The van der Waals surface area contributed by atoms with Gasteiger partial charge in [0.1, 0.15) is 21.4 Å². The van der Waals surface area contributed by atoms with Gasteiger partial charge >= 0.3 is 5.97 Å². The molecule has 2 bridgehead atoms. The summed E-state index contributed by atoms with van der Waals surface area (Å²) in [7, 11) is -4.67. The molecular formula is C17H21NO7S. The molecule has 1 fully saturated rings. The molecule has 5 N–H and O–H groups in total. The van der Waals surface area contributed by atoms with E-state index < -0.39 is 32.3 Å². The summed E-state index contributed by atoms with van der Waals surface area (Å²) < 4.78 is 31.4. The van der Waals surface area contributed by atoms with Crippen LogP contribution in [0.4, 0.5) is 0 Å². The van der Waals surface area contributed by atoms with Gasteiger partial charge in [-0.05, 0) is 48.4 Å². The SMILES string of the molecule is CC1=C([NH3+])C(=O)[C@H]2C[C@@H]1C2(C)C.O=C(O)c1ccc(S(=O)(=O)[O-])cc1O. The maximum atomic E-state index is 11.7. The summed E-state index contributed by atoms with van der Waals surface area (Å²) in [6.07, 6.45) is 1.07. The molecule has 0 aliphatic heterocycles. The number of hydrogen-bond donors (Lipinski definition) is 3. The fraction of sp³-hybridized carbons (Fsp3) is 0.412. The molecule has 1 aromatic rings. The van der Waals surface area contributed by atoms with E-state index in [2.05, 4.69) is 26.5 Å². The average Bonchev–Trinajstić information content (AvgIpc) is 2.50. The van der Waals surface area contributed by atoms with Gasteiger partial charge in [-0.25, -0.2) is 13.2 Å². The number of aromatic carboxylic acids is 1. The Labute approximate surface area is 151 Å². The van der Waals surface area contributed by atoms with E-state index in [1.54, 1.807) is 0 Å². The van der Waals surface area contributed by atoms with Crippen molar-refractivity contribution in [2.24, 2.45) is 17.3 Å². The summed E-state index contributed by atoms with van der Waals surface area (Å²) in [5.41, 5.74) is 5.60. The highest BCUT2D eigenvalue weighted by Crippen LogP contribution is 2.58. The first-order valence-corrected chi connectivity index (χ1v) is 9.28. The molecule has 0 amide bonds. The summed E-state index contributed by atoms with van der Waals surface area (Å²) in [6.45, 7) is 6.45. The van der Waals surface area contributed by atoms with Crippen molar-refractivity contribution in [2.45, 2.75) is 32.1 Å². The van der Waals surface area contributed by atoms with Crippen LogP contribution in [0.25, 0.3) is 0 Å². The lowest BCUT2D eigenvalue weighted by Gasteiger charge is -2.54. The third kappa shape index (κ3) is 3.37. The lowest BCUT2D eigenvalue weighted by atomic mass is 9.48. The number of hydrogen-bond acceptors (Lipinski definition) is 6. The van der Waals surface area contributed by atoms with E-state index in [0.29, 0.717) is 17.8 Å². The Kier molecular flexibility index (Phi) is 5.02. The Balaban J connectivity index is 0.000000189. The van der Waals surface area contributed by atoms with Crippen molar-refractivity contribution in [3.63, 3.8) is 0 Å². The van der Waals surface area contributed by atoms with Crippen molar-refractivity contribution in [3.8, 4) is 5.75 Å². The van der Waals surface area contributed by atoms with Crippen LogP contribution in [0.2, 0.25) is 0 Å². The molecule has 4 rings (SSSR count). The molecule has 1 aromatic carbocycles. The van der Waals surface area contributed by atoms with Crippen LogP contribution in [-0.2, 0) is 14.9 Å². The standard InChI is InChI=1S/C10H15NO.C7H6O6S/c1-5-6-4-7(10(6,2)3)9(12)8(5)11;8-6-3-4(14(11,12)13)1-2-5(6)7(9)10/h6-7H,4,11H2,1-3H3;1-3,8H,(H,9,10)(H,11,12,13)/t6-,7+;/m0./s1. The number of Topliss-reactive ketones (excluding diaryl/α,β-unsaturated/α-hetero) is 1. The van der Waals surface area contributed by atoms with Crippen LogP contribution in [0.1, 0.15) is 37.6 Å². The van der Waals surface area contributed by atoms with E-state index in [1.807, 2.05) is 0 Å². The molecule has 0 radical (unpaired) electrons. The Morgan fingerprint density at radius 3 is 2.27 bits per heavy atom. The Bertz CT molecular complexity index is 915. The van der Waals surface area contributed by atoms with E-state index >= 15 is 0 Å². The van der Waals surface area contributed by atoms with Gasteiger partial charge in [0.05, 0.1) is 4.90 Å². The van der Waals surface area contributed by atoms with Crippen molar-refractivity contribution >= 4 is 21.9 Å². The first kappa shape index (κ1) is 20.1. The molecular weight excluding hydrogens is 362 g/mol. The lowest BCUT2D eigenvalue weighted by molar-refractivity contribution is -0.307. The van der Waals surface area contributed by atoms with E-state index in [-0.39, 0.29) is 11.3 Å². The molecule has 0 spiro atoms. The fourth-order valence-electron chi connectivity index (χ4n) is 3.57. The molecule has 26 heavy (non-hydrogen) atoms. The molecule has 142 valence electrons. The van der Waals surface area contributed by atoms with Crippen molar-refractivity contribution in [2.75, 3.05) is 0 Å². The number of quaternary nitrogens is 1. The molecule has 3 aliphatic carbocycles. The van der Waals surface area contributed by atoms with Crippen LogP contribution in [0.15, 0.2) is 34.4 Å². The number of carbonyl (C=O) groups is 2. The highest BCUT2D eigenvalue weighted by atomic mass is 32.2. The lowest BCUT2D eigenvalue weighted by Crippen LogP contribution is -2.63. The Hall–Kier alpha value is -2.23. The molecule has 0 unspecified atom stereocenters. The molecule has 1 saturated carbocycles. The van der Waals surface area contributed by atoms with Crippen LogP contribution in [0.3, 0.4) is 0 Å². The number of allylic oxidation sites excluding steroid dienone is 2. The molecule has 0 aromatic heterocycles. The van der Waals surface area contributed by atoms with Gasteiger partial charge in [-0.2, -0.15) is 0 Å². The van der Waals surface area contributed by atoms with Gasteiger partial charge in [0, 0.05) is 5.92 Å². The summed E-state index contributed by atoms with van der Waals surface area (Å²) in [6, 6.07) is 2.28. The smallest absolute Gasteiger partial charge is 0.339 e. The summed E-state index contributed by atoms with van der Waals surface area (Å²) in [5, 5.41) is 17.5. The van der Waals surface area contributed by atoms with Crippen LogP contribution < -0.4 is 5.73 Å². The van der Waals surface area contributed by atoms with Crippen LogP contribution >= 0.6 is 0 Å². The third-order valence-electron chi connectivity index (χ3n) is 5.37. The van der Waals surface area contributed by atoms with Crippen LogP contribution in [0, 0.1) is 17.3 Å². The van der Waals surface area contributed by atoms with E-state index in [0.717, 1.165) is 24.3 Å². The van der Waals surface area contributed by atoms with Gasteiger partial charge in [-0.1, -0.05) is 13.8 Å². The quantitative estimate of drug-likeness (QED) is 0.635. The number of carbonyl (C=O) groups excluding carboxylic acids is 1. The summed E-state index contributed by atoms with van der Waals surface area (Å²) in [4.78, 5) is 21.4. The third-order valence-corrected chi connectivity index (χ3v) is 6.20. The minimum atomic E-state index is -4.67. The molecule has 3 aliphatic rings. The Morgan fingerprint density at radius 2 is 1.88 bits per heavy atom. The number of rotatable bonds is 2. The van der Waals surface area contributed by atoms with E-state index in [9.17, 15) is 22.6 Å². The number of aromatic hydroxyl groups is 1. The van der Waals surface area contributed by atoms with Crippen LogP contribution in [-0.4, -0.2) is 34.9 Å². The summed E-state index contributed by atoms with van der Waals surface area (Å²) >= 11 is 0. The maximum absolute atomic E-state index is 11.7. The maximum Gasteiger partial charge on any atom is 0.339 e. The second kappa shape index (κ2) is 6.49. The second-order valence-electron chi connectivity index (χ2n) is 7.13. The average molecular weight is 383 g/mol. The van der Waals surface area contributed by atoms with Crippen molar-refractivity contribution in [1.29, 1.82) is 0 Å². The number of phenols is 1. The van der Waals surface area contributed by atoms with Crippen molar-refractivity contribution in [3.05, 3.63) is 35.0 Å². The number of fused-ring (bicyclic) bond motifs is 1. The number of carboxylic acids is 1. The molecule has 2 atom stereocenters. The first-order chi connectivity index (χ1) is 11.8. The largest absolute Gasteiger partial charge is 0.744 e. The van der Waals surface area contributed by atoms with Gasteiger partial charge < -0.3 is 20.5 Å². The molecule has 9 heteroatoms. The van der Waals surface area contributed by atoms with E-state index in [4.69, 9.17) is 10.2 Å². The van der Waals surface area contributed by atoms with Gasteiger partial charge in [0.2, 0.25) is 5.78 Å². The fourth-order valence-corrected chi connectivity index (χ4v) is 4.06. The molecule has 0 heterocycles. The Morgan fingerprint density at radius 1 is 1.31 bits per heavy atom. The van der Waals surface area contributed by atoms with Gasteiger partial charge in [-0.15, -0.1) is 0 Å². The first-order valence-electron chi connectivity index (χ1n) is 7.87. The zero-order valence-corrected chi connectivity index (χ0v) is 15.5. The highest BCUT2D eigenvalue weighted by Gasteiger charge is 2.57. The minimum Gasteiger partial charge on any atom is -0.744 e. The second-order valence-corrected chi connectivity index (χ2v) is 8.51. The van der Waals surface area contributed by atoms with Gasteiger partial charge in [0.15, 0.2) is 5.70 Å². The van der Waals surface area contributed by atoms with Gasteiger partial charge in [-0.3, -0.25) is 4.79 Å². The minimum absolute atomic E-state index is 0.211. The molecule has 0 saturated heterocycles. The van der Waals surface area contributed by atoms with Crippen molar-refractivity contribution < 1.29 is 38.5 Å². The number of benzene rings is 1. The summed E-state index contributed by atoms with van der Waals surface area (Å²) in [5.74, 6) is -0.988. The molecule has 8 nitrogen and oxygen atoms in total. The highest BCUT2D eigenvalue weighted by molar-refractivity contribution is 7.85. The van der Waals surface area contributed by atoms with Crippen LogP contribution in [0.5, 0.6) is 5.75 Å². The van der Waals surface area contributed by atoms with Crippen molar-refractivity contribution in [1.82, 2.24) is 0 Å². The predicted octanol–water partition coefficient (Wildman–Crippen LogP) is 0.742. The number of carboxylic acid groups (broad SMARTS) is 1.